The highest BCUT2D eigenvalue weighted by Gasteiger charge is 2.39. The number of hydrogen-bond acceptors (Lipinski definition) is 4. The van der Waals surface area contributed by atoms with Crippen LogP contribution >= 0.6 is 0 Å². The van der Waals surface area contributed by atoms with Crippen molar-refractivity contribution in [2.45, 2.75) is 18.4 Å². The van der Waals surface area contributed by atoms with Crippen LogP contribution in [0.15, 0.2) is 36.4 Å². The second-order valence-corrected chi connectivity index (χ2v) is 5.48. The Hall–Kier alpha value is -3.15. The minimum absolute atomic E-state index is 0.278. The van der Waals surface area contributed by atoms with Crippen LogP contribution in [0.25, 0.3) is 0 Å². The third-order valence-electron chi connectivity index (χ3n) is 3.51. The molecule has 2 rings (SSSR count). The molecule has 1 aromatic heterocycles. The number of amides is 1. The average Bonchev–Trinajstić information content (AvgIpc) is 2.59. The second-order valence-electron chi connectivity index (χ2n) is 5.48. The molecule has 6 nitrogen and oxygen atoms in total. The van der Waals surface area contributed by atoms with Crippen molar-refractivity contribution in [2.75, 3.05) is 5.32 Å². The summed E-state index contributed by atoms with van der Waals surface area (Å²) in [5, 5.41) is 11.1. The quantitative estimate of drug-likeness (QED) is 0.672. The van der Waals surface area contributed by atoms with Crippen LogP contribution in [0.3, 0.4) is 0 Å². The summed E-state index contributed by atoms with van der Waals surface area (Å²) < 4.78 is 76.1. The van der Waals surface area contributed by atoms with E-state index in [-0.39, 0.29) is 6.07 Å². The Kier molecular flexibility index (Phi) is 5.64. The molecule has 0 unspecified atom stereocenters. The molecule has 28 heavy (non-hydrogen) atoms. The van der Waals surface area contributed by atoms with Crippen LogP contribution in [0.2, 0.25) is 0 Å². The molecule has 0 saturated heterocycles. The number of carbonyl (C=O) groups excluding carboxylic acids is 1. The summed E-state index contributed by atoms with van der Waals surface area (Å²) in [6, 6.07) is 2.20. The number of hydrogen-bond donors (Lipinski definition) is 3. The summed E-state index contributed by atoms with van der Waals surface area (Å²) in [5.74, 6) is -3.35. The van der Waals surface area contributed by atoms with Gasteiger partial charge in [0.05, 0.1) is 22.4 Å². The zero-order chi connectivity index (χ0) is 21.3. The number of aromatic nitrogens is 1. The molecule has 1 heterocycles. The summed E-state index contributed by atoms with van der Waals surface area (Å²) in [7, 11) is 0. The predicted octanol–water partition coefficient (Wildman–Crippen LogP) is 3.61. The summed E-state index contributed by atoms with van der Waals surface area (Å²) in [6.45, 7) is 0. The first-order valence-corrected chi connectivity index (χ1v) is 7.36. The molecule has 4 N–H and O–H groups in total. The van der Waals surface area contributed by atoms with Crippen LogP contribution in [0.1, 0.15) is 38.0 Å². The first-order valence-electron chi connectivity index (χ1n) is 7.36. The molecule has 1 amide bonds. The number of anilines is 1. The van der Waals surface area contributed by atoms with E-state index < -0.39 is 58.5 Å². The van der Waals surface area contributed by atoms with E-state index >= 15 is 0 Å². The number of nitrogens with zero attached hydrogens (tertiary/aromatic N) is 1. The van der Waals surface area contributed by atoms with E-state index in [1.807, 2.05) is 5.32 Å². The smallest absolute Gasteiger partial charge is 0.416 e. The lowest BCUT2D eigenvalue weighted by Crippen LogP contribution is -2.29. The maximum absolute atomic E-state index is 12.7. The summed E-state index contributed by atoms with van der Waals surface area (Å²) in [5.41, 5.74) is 1.56. The van der Waals surface area contributed by atoms with Crippen molar-refractivity contribution < 1.29 is 41.0 Å². The highest BCUT2D eigenvalue weighted by atomic mass is 19.4. The largest absolute Gasteiger partial charge is 0.478 e. The Morgan fingerprint density at radius 2 is 1.68 bits per heavy atom. The Bertz CT molecular complexity index is 911. The molecule has 0 aliphatic rings. The van der Waals surface area contributed by atoms with E-state index in [0.717, 1.165) is 18.2 Å². The molecule has 150 valence electrons. The lowest BCUT2D eigenvalue weighted by atomic mass is 10.0. The van der Waals surface area contributed by atoms with E-state index in [1.165, 1.54) is 0 Å². The number of nitrogens with two attached hydrogens (primary N) is 1. The van der Waals surface area contributed by atoms with Gasteiger partial charge in [-0.05, 0) is 30.3 Å². The molecule has 0 aliphatic heterocycles. The SMILES string of the molecule is N[C@H](c1cccc(NC(=O)c2ccc(C(F)(F)F)cc2C(=O)O)n1)C(F)(F)F. The molecule has 12 heteroatoms. The molecule has 1 atom stereocenters. The third-order valence-corrected chi connectivity index (χ3v) is 3.51. The number of rotatable bonds is 4. The topological polar surface area (TPSA) is 105 Å². The highest BCUT2D eigenvalue weighted by Crippen LogP contribution is 2.31. The highest BCUT2D eigenvalue weighted by molar-refractivity contribution is 6.10. The first kappa shape index (κ1) is 21.2. The molecule has 0 saturated carbocycles. The van der Waals surface area contributed by atoms with E-state index in [1.54, 1.807) is 0 Å². The monoisotopic (exact) mass is 407 g/mol. The van der Waals surface area contributed by atoms with E-state index in [4.69, 9.17) is 10.8 Å². The number of halogens is 6. The molecule has 0 bridgehead atoms. The van der Waals surface area contributed by atoms with Crippen LogP contribution in [-0.4, -0.2) is 28.1 Å². The minimum atomic E-state index is -4.83. The maximum atomic E-state index is 12.7. The number of carboxylic acids is 1. The van der Waals surface area contributed by atoms with Crippen LogP contribution in [0.5, 0.6) is 0 Å². The van der Waals surface area contributed by atoms with Gasteiger partial charge in [-0.25, -0.2) is 9.78 Å². The molecule has 0 radical (unpaired) electrons. The van der Waals surface area contributed by atoms with Crippen molar-refractivity contribution in [3.05, 3.63) is 58.8 Å². The van der Waals surface area contributed by atoms with Gasteiger partial charge < -0.3 is 16.2 Å². The fraction of sp³-hybridized carbons (Fsp3) is 0.188. The van der Waals surface area contributed by atoms with Crippen molar-refractivity contribution >= 4 is 17.7 Å². The number of nitrogens with one attached hydrogen (secondary N) is 1. The van der Waals surface area contributed by atoms with E-state index in [0.29, 0.717) is 12.1 Å². The molecule has 2 aromatic rings. The van der Waals surface area contributed by atoms with Crippen molar-refractivity contribution in [1.82, 2.24) is 4.98 Å². The summed E-state index contributed by atoms with van der Waals surface area (Å²) >= 11 is 0. The third kappa shape index (κ3) is 4.76. The van der Waals surface area contributed by atoms with E-state index in [9.17, 15) is 35.9 Å². The molecule has 0 spiro atoms. The molecular formula is C16H11F6N3O3. The van der Waals surface area contributed by atoms with Gasteiger partial charge in [0.25, 0.3) is 5.91 Å². The number of alkyl halides is 6. The summed E-state index contributed by atoms with van der Waals surface area (Å²) in [4.78, 5) is 27.0. The zero-order valence-electron chi connectivity index (χ0n) is 13.6. The Balaban J connectivity index is 2.34. The standard InChI is InChI=1S/C16H11F6N3O3/c17-15(18,19)7-4-5-8(9(6-7)14(27)28)13(26)25-11-3-1-2-10(24-11)12(23)16(20,21)22/h1-6,12H,23H2,(H,27,28)(H,24,25,26)/t12-/m1/s1. The van der Waals surface area contributed by atoms with Gasteiger partial charge >= 0.3 is 18.3 Å². The van der Waals surface area contributed by atoms with Gasteiger partial charge in [0.1, 0.15) is 11.9 Å². The maximum Gasteiger partial charge on any atom is 0.416 e. The molecule has 0 fully saturated rings. The summed E-state index contributed by atoms with van der Waals surface area (Å²) in [6.07, 6.45) is -9.62. The number of carbonyl (C=O) groups is 2. The van der Waals surface area contributed by atoms with Gasteiger partial charge in [0.15, 0.2) is 0 Å². The minimum Gasteiger partial charge on any atom is -0.478 e. The second kappa shape index (κ2) is 7.46. The van der Waals surface area contributed by atoms with Crippen LogP contribution in [-0.2, 0) is 6.18 Å². The Morgan fingerprint density at radius 3 is 2.21 bits per heavy atom. The van der Waals surface area contributed by atoms with Gasteiger partial charge in [0, 0.05) is 0 Å². The molecular weight excluding hydrogens is 396 g/mol. The van der Waals surface area contributed by atoms with Crippen molar-refractivity contribution in [3.63, 3.8) is 0 Å². The van der Waals surface area contributed by atoms with Gasteiger partial charge in [-0.15, -0.1) is 0 Å². The predicted molar refractivity (Wildman–Crippen MR) is 83.6 cm³/mol. The Morgan fingerprint density at radius 1 is 1.04 bits per heavy atom. The molecule has 1 aromatic carbocycles. The Labute approximate surface area is 153 Å². The van der Waals surface area contributed by atoms with Gasteiger partial charge in [-0.2, -0.15) is 26.3 Å². The normalized spacial score (nSPS) is 13.1. The van der Waals surface area contributed by atoms with Gasteiger partial charge in [0.2, 0.25) is 0 Å². The van der Waals surface area contributed by atoms with Crippen LogP contribution in [0.4, 0.5) is 32.2 Å². The lowest BCUT2D eigenvalue weighted by molar-refractivity contribution is -0.150. The van der Waals surface area contributed by atoms with Gasteiger partial charge in [-0.1, -0.05) is 6.07 Å². The van der Waals surface area contributed by atoms with Crippen molar-refractivity contribution in [3.8, 4) is 0 Å². The molecule has 0 aliphatic carbocycles. The number of pyridine rings is 1. The van der Waals surface area contributed by atoms with E-state index in [2.05, 4.69) is 4.98 Å². The fourth-order valence-electron chi connectivity index (χ4n) is 2.14. The number of aromatic carboxylic acids is 1. The van der Waals surface area contributed by atoms with Crippen LogP contribution in [0, 0.1) is 0 Å². The average molecular weight is 407 g/mol. The van der Waals surface area contributed by atoms with Crippen LogP contribution < -0.4 is 11.1 Å². The van der Waals surface area contributed by atoms with Crippen molar-refractivity contribution in [2.24, 2.45) is 5.73 Å². The number of carboxylic acid groups (broad SMARTS) is 1. The lowest BCUT2D eigenvalue weighted by Gasteiger charge is -2.16. The first-order chi connectivity index (χ1) is 12.8. The number of benzene rings is 1. The zero-order valence-corrected chi connectivity index (χ0v) is 13.6. The van der Waals surface area contributed by atoms with Crippen molar-refractivity contribution in [1.29, 1.82) is 0 Å². The fourth-order valence-corrected chi connectivity index (χ4v) is 2.14. The van der Waals surface area contributed by atoms with Gasteiger partial charge in [-0.3, -0.25) is 4.79 Å².